The van der Waals surface area contributed by atoms with Crippen LogP contribution in [0.3, 0.4) is 0 Å². The maximum absolute atomic E-state index is 12.3. The number of hydrogen-bond acceptors (Lipinski definition) is 4. The van der Waals surface area contributed by atoms with Gasteiger partial charge in [-0.05, 0) is 49.9 Å². The minimum absolute atomic E-state index is 0.179. The van der Waals surface area contributed by atoms with Gasteiger partial charge in [0.15, 0.2) is 5.65 Å². The fourth-order valence-electron chi connectivity index (χ4n) is 2.49. The summed E-state index contributed by atoms with van der Waals surface area (Å²) >= 11 is 6.00. The van der Waals surface area contributed by atoms with Crippen molar-refractivity contribution >= 4 is 27.3 Å². The van der Waals surface area contributed by atoms with Gasteiger partial charge in [0.2, 0.25) is 10.0 Å². The quantitative estimate of drug-likeness (QED) is 0.669. The number of nitrogens with one attached hydrogen (secondary N) is 1. The summed E-state index contributed by atoms with van der Waals surface area (Å²) in [6.07, 6.45) is 5.08. The molecule has 132 valence electrons. The fourth-order valence-corrected chi connectivity index (χ4v) is 3.83. The molecule has 0 aliphatic carbocycles. The molecule has 0 amide bonds. The molecule has 1 N–H and O–H groups in total. The molecule has 1 aromatic carbocycles. The number of sulfonamides is 1. The van der Waals surface area contributed by atoms with Gasteiger partial charge in [0.1, 0.15) is 0 Å². The Morgan fingerprint density at radius 2 is 2.04 bits per heavy atom. The lowest BCUT2D eigenvalue weighted by Crippen LogP contribution is -2.25. The predicted octanol–water partition coefficient (Wildman–Crippen LogP) is 2.91. The first-order valence-electron chi connectivity index (χ1n) is 7.92. The third-order valence-corrected chi connectivity index (χ3v) is 5.74. The Morgan fingerprint density at radius 3 is 2.80 bits per heavy atom. The lowest BCUT2D eigenvalue weighted by Gasteiger charge is -2.08. The average molecular weight is 379 g/mol. The van der Waals surface area contributed by atoms with Crippen LogP contribution < -0.4 is 4.72 Å². The van der Waals surface area contributed by atoms with E-state index in [0.717, 1.165) is 22.5 Å². The number of halogens is 1. The predicted molar refractivity (Wildman–Crippen MR) is 97.4 cm³/mol. The van der Waals surface area contributed by atoms with Crippen LogP contribution in [0.1, 0.15) is 23.2 Å². The minimum Gasteiger partial charge on any atom is -0.237 e. The molecule has 2 aromatic heterocycles. The summed E-state index contributed by atoms with van der Waals surface area (Å²) in [6.45, 7) is 4.09. The van der Waals surface area contributed by atoms with Gasteiger partial charge in [0.25, 0.3) is 0 Å². The van der Waals surface area contributed by atoms with E-state index in [2.05, 4.69) is 14.8 Å². The number of nitrogens with zero attached hydrogens (tertiary/aromatic N) is 3. The number of hydrogen-bond donors (Lipinski definition) is 1. The second-order valence-electron chi connectivity index (χ2n) is 5.96. The van der Waals surface area contributed by atoms with Gasteiger partial charge in [-0.25, -0.2) is 22.6 Å². The van der Waals surface area contributed by atoms with Crippen molar-refractivity contribution in [3.05, 3.63) is 58.5 Å². The summed E-state index contributed by atoms with van der Waals surface area (Å²) in [5.41, 5.74) is 3.57. The van der Waals surface area contributed by atoms with Crippen LogP contribution in [0.2, 0.25) is 5.02 Å². The number of aryl methyl sites for hydroxylation is 3. The van der Waals surface area contributed by atoms with E-state index in [0.29, 0.717) is 24.4 Å². The highest BCUT2D eigenvalue weighted by Gasteiger charge is 2.14. The van der Waals surface area contributed by atoms with Crippen molar-refractivity contribution in [3.63, 3.8) is 0 Å². The molecule has 0 fully saturated rings. The molecule has 0 aliphatic rings. The molecule has 0 unspecified atom stereocenters. The first-order valence-corrected chi connectivity index (χ1v) is 9.78. The molecular weight excluding hydrogens is 360 g/mol. The summed E-state index contributed by atoms with van der Waals surface area (Å²) in [4.78, 5) is 4.52. The molecule has 6 nitrogen and oxygen atoms in total. The van der Waals surface area contributed by atoms with Gasteiger partial charge in [-0.3, -0.25) is 0 Å². The normalized spacial score (nSPS) is 12.0. The summed E-state index contributed by atoms with van der Waals surface area (Å²) in [5, 5.41) is 4.77. The van der Waals surface area contributed by atoms with Crippen molar-refractivity contribution < 1.29 is 8.42 Å². The van der Waals surface area contributed by atoms with Crippen LogP contribution in [0.5, 0.6) is 0 Å². The van der Waals surface area contributed by atoms with Gasteiger partial charge >= 0.3 is 0 Å². The van der Waals surface area contributed by atoms with Crippen molar-refractivity contribution in [3.8, 4) is 0 Å². The van der Waals surface area contributed by atoms with E-state index >= 15 is 0 Å². The molecule has 2 heterocycles. The van der Waals surface area contributed by atoms with Crippen LogP contribution >= 0.6 is 11.6 Å². The highest BCUT2D eigenvalue weighted by molar-refractivity contribution is 7.89. The van der Waals surface area contributed by atoms with E-state index in [1.54, 1.807) is 22.8 Å². The Bertz CT molecular complexity index is 1010. The summed E-state index contributed by atoms with van der Waals surface area (Å²) < 4.78 is 28.9. The summed E-state index contributed by atoms with van der Waals surface area (Å²) in [6, 6.07) is 6.63. The Kier molecular flexibility index (Phi) is 5.08. The van der Waals surface area contributed by atoms with Crippen molar-refractivity contribution in [1.29, 1.82) is 0 Å². The van der Waals surface area contributed by atoms with E-state index in [1.807, 2.05) is 26.1 Å². The molecule has 3 aromatic rings. The monoisotopic (exact) mass is 378 g/mol. The Morgan fingerprint density at radius 1 is 1.24 bits per heavy atom. The van der Waals surface area contributed by atoms with Crippen LogP contribution in [-0.2, 0) is 16.4 Å². The molecule has 0 saturated heterocycles. The van der Waals surface area contributed by atoms with Crippen LogP contribution in [-0.4, -0.2) is 29.6 Å². The Balaban J connectivity index is 1.58. The van der Waals surface area contributed by atoms with Gasteiger partial charge in [0, 0.05) is 30.0 Å². The lowest BCUT2D eigenvalue weighted by atomic mass is 10.2. The van der Waals surface area contributed by atoms with Crippen LogP contribution in [0.15, 0.2) is 41.6 Å². The molecule has 0 radical (unpaired) electrons. The number of aromatic nitrogens is 3. The first kappa shape index (κ1) is 17.8. The summed E-state index contributed by atoms with van der Waals surface area (Å²) in [7, 11) is -3.55. The number of benzene rings is 1. The largest absolute Gasteiger partial charge is 0.240 e. The highest BCUT2D eigenvalue weighted by Crippen LogP contribution is 2.19. The SMILES string of the molecule is Cc1cc2ncc(CCCNS(=O)(=O)c3ccc(C)c(Cl)c3)cn2n1. The molecule has 0 bridgehead atoms. The van der Waals surface area contributed by atoms with Crippen molar-refractivity contribution in [2.45, 2.75) is 31.6 Å². The maximum atomic E-state index is 12.3. The molecule has 0 aliphatic heterocycles. The van der Waals surface area contributed by atoms with Gasteiger partial charge in [-0.15, -0.1) is 0 Å². The van der Waals surface area contributed by atoms with E-state index in [-0.39, 0.29) is 4.90 Å². The number of fused-ring (bicyclic) bond motifs is 1. The highest BCUT2D eigenvalue weighted by atomic mass is 35.5. The van der Waals surface area contributed by atoms with Gasteiger partial charge in [-0.1, -0.05) is 17.7 Å². The Hall–Kier alpha value is -1.96. The maximum Gasteiger partial charge on any atom is 0.240 e. The smallest absolute Gasteiger partial charge is 0.237 e. The molecule has 0 spiro atoms. The van der Waals surface area contributed by atoms with Crippen LogP contribution in [0, 0.1) is 13.8 Å². The molecule has 25 heavy (non-hydrogen) atoms. The second kappa shape index (κ2) is 7.11. The van der Waals surface area contributed by atoms with E-state index < -0.39 is 10.0 Å². The van der Waals surface area contributed by atoms with Crippen molar-refractivity contribution in [2.75, 3.05) is 6.54 Å². The lowest BCUT2D eigenvalue weighted by molar-refractivity contribution is 0.579. The second-order valence-corrected chi connectivity index (χ2v) is 8.14. The van der Waals surface area contributed by atoms with E-state index in [1.165, 1.54) is 6.07 Å². The zero-order chi connectivity index (χ0) is 18.0. The topological polar surface area (TPSA) is 76.4 Å². The third-order valence-electron chi connectivity index (χ3n) is 3.88. The van der Waals surface area contributed by atoms with Crippen LogP contribution in [0.25, 0.3) is 5.65 Å². The van der Waals surface area contributed by atoms with Gasteiger partial charge < -0.3 is 0 Å². The zero-order valence-corrected chi connectivity index (χ0v) is 15.6. The van der Waals surface area contributed by atoms with Crippen LogP contribution in [0.4, 0.5) is 0 Å². The fraction of sp³-hybridized carbons (Fsp3) is 0.294. The molecular formula is C17H19ClN4O2S. The van der Waals surface area contributed by atoms with E-state index in [9.17, 15) is 8.42 Å². The Labute approximate surface area is 151 Å². The van der Waals surface area contributed by atoms with E-state index in [4.69, 9.17) is 11.6 Å². The molecule has 3 rings (SSSR count). The molecule has 8 heteroatoms. The average Bonchev–Trinajstić information content (AvgIpc) is 2.93. The summed E-state index contributed by atoms with van der Waals surface area (Å²) in [5.74, 6) is 0. The third kappa shape index (κ3) is 4.18. The van der Waals surface area contributed by atoms with Crippen molar-refractivity contribution in [2.24, 2.45) is 0 Å². The first-order chi connectivity index (χ1) is 11.8. The van der Waals surface area contributed by atoms with Crippen molar-refractivity contribution in [1.82, 2.24) is 19.3 Å². The minimum atomic E-state index is -3.55. The van der Waals surface area contributed by atoms with Gasteiger partial charge in [-0.2, -0.15) is 5.10 Å². The zero-order valence-electron chi connectivity index (χ0n) is 14.0. The van der Waals surface area contributed by atoms with Gasteiger partial charge in [0.05, 0.1) is 10.6 Å². The molecule has 0 atom stereocenters. The molecule has 0 saturated carbocycles. The number of rotatable bonds is 6. The standard InChI is InChI=1S/C17H19ClN4O2S/c1-12-5-6-15(9-16(12)18)25(23,24)20-7-3-4-14-10-19-17-8-13(2)21-22(17)11-14/h5-6,8-11,20H,3-4,7H2,1-2H3.